The lowest BCUT2D eigenvalue weighted by atomic mass is 9.87. The van der Waals surface area contributed by atoms with Crippen molar-refractivity contribution in [1.29, 1.82) is 0 Å². The number of rotatable bonds is 11. The van der Waals surface area contributed by atoms with E-state index in [0.717, 1.165) is 44.5 Å². The summed E-state index contributed by atoms with van der Waals surface area (Å²) in [5.41, 5.74) is 6.54. The summed E-state index contributed by atoms with van der Waals surface area (Å²) in [5.74, 6) is -1.91. The minimum Gasteiger partial charge on any atom is -0.465 e. The molecule has 8 heteroatoms. The van der Waals surface area contributed by atoms with E-state index >= 15 is 0 Å². The van der Waals surface area contributed by atoms with E-state index in [2.05, 4.69) is 10.3 Å². The fourth-order valence-corrected chi connectivity index (χ4v) is 5.00. The van der Waals surface area contributed by atoms with Crippen LogP contribution >= 0.6 is 0 Å². The van der Waals surface area contributed by atoms with E-state index in [1.54, 1.807) is 26.8 Å². The third-order valence-electron chi connectivity index (χ3n) is 6.86. The molecule has 0 aliphatic rings. The number of pyridine rings is 1. The van der Waals surface area contributed by atoms with Crippen molar-refractivity contribution >= 4 is 34.5 Å². The van der Waals surface area contributed by atoms with Crippen LogP contribution in [0.15, 0.2) is 66.7 Å². The number of hydrogen-bond acceptors (Lipinski definition) is 8. The molecule has 1 heterocycles. The van der Waals surface area contributed by atoms with E-state index in [4.69, 9.17) is 14.2 Å². The number of anilines is 1. The number of nitrogens with zero attached hydrogens (tertiary/aromatic N) is 1. The van der Waals surface area contributed by atoms with Crippen LogP contribution in [0.5, 0.6) is 0 Å². The summed E-state index contributed by atoms with van der Waals surface area (Å²) in [6, 6.07) is 21.0. The Labute approximate surface area is 246 Å². The van der Waals surface area contributed by atoms with E-state index in [1.165, 1.54) is 0 Å². The summed E-state index contributed by atoms with van der Waals surface area (Å²) in [7, 11) is 0. The standard InChI is InChI=1S/C34H36N2O6/c1-6-40-30(37)20-35-28-15-14-24(16-21(28)4)31(34(39)42-8-3)25-17-22(5)32-27(18-25)26(23-12-10-9-11-13-23)19-29(36-32)33(38)41-7-2/h9-19,31,35H,6-8,20H2,1-5H3. The maximum atomic E-state index is 13.5. The van der Waals surface area contributed by atoms with Crippen molar-refractivity contribution in [2.45, 2.75) is 40.5 Å². The predicted octanol–water partition coefficient (Wildman–Crippen LogP) is 6.37. The van der Waals surface area contributed by atoms with Gasteiger partial charge in [-0.3, -0.25) is 9.59 Å². The summed E-state index contributed by atoms with van der Waals surface area (Å²) in [4.78, 5) is 42.7. The van der Waals surface area contributed by atoms with Gasteiger partial charge in [0, 0.05) is 11.1 Å². The molecule has 0 aliphatic carbocycles. The molecule has 3 aromatic carbocycles. The van der Waals surface area contributed by atoms with Gasteiger partial charge in [0.15, 0.2) is 0 Å². The first-order valence-corrected chi connectivity index (χ1v) is 14.1. The molecular formula is C34H36N2O6. The van der Waals surface area contributed by atoms with Crippen LogP contribution in [0.2, 0.25) is 0 Å². The topological polar surface area (TPSA) is 104 Å². The SMILES string of the molecule is CCOC(=O)CNc1ccc(C(C(=O)OCC)c2cc(C)c3nc(C(=O)OCC)cc(-c4ccccc4)c3c2)cc1C. The zero-order chi connectivity index (χ0) is 30.2. The summed E-state index contributed by atoms with van der Waals surface area (Å²) in [6.45, 7) is 9.97. The summed E-state index contributed by atoms with van der Waals surface area (Å²) < 4.78 is 15.8. The van der Waals surface area contributed by atoms with E-state index in [0.29, 0.717) is 12.1 Å². The smallest absolute Gasteiger partial charge is 0.356 e. The normalized spacial score (nSPS) is 11.5. The maximum Gasteiger partial charge on any atom is 0.356 e. The number of benzene rings is 3. The van der Waals surface area contributed by atoms with Crippen LogP contribution in [0, 0.1) is 13.8 Å². The lowest BCUT2D eigenvalue weighted by Gasteiger charge is -2.20. The average Bonchev–Trinajstić information content (AvgIpc) is 2.97. The molecule has 1 atom stereocenters. The number of ether oxygens (including phenoxy) is 3. The highest BCUT2D eigenvalue weighted by molar-refractivity contribution is 6.01. The summed E-state index contributed by atoms with van der Waals surface area (Å²) in [6.07, 6.45) is 0. The van der Waals surface area contributed by atoms with Gasteiger partial charge in [-0.2, -0.15) is 0 Å². The summed E-state index contributed by atoms with van der Waals surface area (Å²) in [5, 5.41) is 3.91. The van der Waals surface area contributed by atoms with Gasteiger partial charge >= 0.3 is 17.9 Å². The van der Waals surface area contributed by atoms with Crippen LogP contribution < -0.4 is 5.32 Å². The number of aromatic nitrogens is 1. The molecule has 4 rings (SSSR count). The quantitative estimate of drug-likeness (QED) is 0.165. The molecule has 0 spiro atoms. The molecule has 0 saturated carbocycles. The Kier molecular flexibility index (Phi) is 9.91. The zero-order valence-corrected chi connectivity index (χ0v) is 24.7. The lowest BCUT2D eigenvalue weighted by molar-refractivity contribution is -0.144. The van der Waals surface area contributed by atoms with Gasteiger partial charge in [-0.1, -0.05) is 48.5 Å². The van der Waals surface area contributed by atoms with Crippen molar-refractivity contribution in [3.8, 4) is 11.1 Å². The molecule has 218 valence electrons. The molecule has 42 heavy (non-hydrogen) atoms. The Morgan fingerprint density at radius 2 is 1.48 bits per heavy atom. The fourth-order valence-electron chi connectivity index (χ4n) is 5.00. The largest absolute Gasteiger partial charge is 0.465 e. The maximum absolute atomic E-state index is 13.5. The molecule has 1 N–H and O–H groups in total. The molecule has 0 fully saturated rings. The molecule has 0 aliphatic heterocycles. The number of hydrogen-bond donors (Lipinski definition) is 1. The van der Waals surface area contributed by atoms with Gasteiger partial charge in [0.05, 0.1) is 25.3 Å². The van der Waals surface area contributed by atoms with E-state index in [1.807, 2.05) is 74.5 Å². The molecule has 0 amide bonds. The Balaban J connectivity index is 1.85. The van der Waals surface area contributed by atoms with Crippen LogP contribution in [0.1, 0.15) is 59.4 Å². The molecule has 0 radical (unpaired) electrons. The second-order valence-corrected chi connectivity index (χ2v) is 9.79. The van der Waals surface area contributed by atoms with Crippen LogP contribution in [0.3, 0.4) is 0 Å². The number of fused-ring (bicyclic) bond motifs is 1. The summed E-state index contributed by atoms with van der Waals surface area (Å²) >= 11 is 0. The highest BCUT2D eigenvalue weighted by atomic mass is 16.5. The molecule has 8 nitrogen and oxygen atoms in total. The van der Waals surface area contributed by atoms with E-state index in [-0.39, 0.29) is 37.4 Å². The average molecular weight is 569 g/mol. The highest BCUT2D eigenvalue weighted by Gasteiger charge is 2.27. The Morgan fingerprint density at radius 1 is 0.786 bits per heavy atom. The van der Waals surface area contributed by atoms with Gasteiger partial charge in [-0.25, -0.2) is 9.78 Å². The van der Waals surface area contributed by atoms with Crippen molar-refractivity contribution < 1.29 is 28.6 Å². The van der Waals surface area contributed by atoms with Gasteiger partial charge in [0.2, 0.25) is 0 Å². The van der Waals surface area contributed by atoms with E-state index in [9.17, 15) is 14.4 Å². The van der Waals surface area contributed by atoms with Crippen LogP contribution in [0.25, 0.3) is 22.0 Å². The van der Waals surface area contributed by atoms with Crippen LogP contribution in [0.4, 0.5) is 5.69 Å². The number of nitrogens with one attached hydrogen (secondary N) is 1. The molecule has 1 unspecified atom stereocenters. The van der Waals surface area contributed by atoms with Crippen molar-refractivity contribution in [3.63, 3.8) is 0 Å². The predicted molar refractivity (Wildman–Crippen MR) is 163 cm³/mol. The highest BCUT2D eigenvalue weighted by Crippen LogP contribution is 2.36. The monoisotopic (exact) mass is 568 g/mol. The van der Waals surface area contributed by atoms with Gasteiger partial charge in [-0.05, 0) is 86.2 Å². The number of carbonyl (C=O) groups excluding carboxylic acids is 3. The molecule has 4 aromatic rings. The first-order chi connectivity index (χ1) is 20.3. The fraction of sp³-hybridized carbons (Fsp3) is 0.294. The third kappa shape index (κ3) is 6.77. The van der Waals surface area contributed by atoms with Gasteiger partial charge in [-0.15, -0.1) is 0 Å². The van der Waals surface area contributed by atoms with Crippen molar-refractivity contribution in [2.24, 2.45) is 0 Å². The lowest BCUT2D eigenvalue weighted by Crippen LogP contribution is -2.19. The minimum atomic E-state index is -0.709. The van der Waals surface area contributed by atoms with Crippen LogP contribution in [-0.2, 0) is 23.8 Å². The Bertz CT molecular complexity index is 1600. The number of esters is 3. The molecule has 0 bridgehead atoms. The molecular weight excluding hydrogens is 532 g/mol. The first-order valence-electron chi connectivity index (χ1n) is 14.1. The third-order valence-corrected chi connectivity index (χ3v) is 6.86. The number of aryl methyl sites for hydroxylation is 2. The van der Waals surface area contributed by atoms with Crippen LogP contribution in [-0.4, -0.2) is 49.3 Å². The second-order valence-electron chi connectivity index (χ2n) is 9.79. The first kappa shape index (κ1) is 30.2. The van der Waals surface area contributed by atoms with Gasteiger partial charge < -0.3 is 19.5 Å². The second kappa shape index (κ2) is 13.8. The van der Waals surface area contributed by atoms with Crippen molar-refractivity contribution in [2.75, 3.05) is 31.7 Å². The van der Waals surface area contributed by atoms with Crippen molar-refractivity contribution in [1.82, 2.24) is 4.98 Å². The Hall–Kier alpha value is -4.72. The van der Waals surface area contributed by atoms with E-state index < -0.39 is 11.9 Å². The zero-order valence-electron chi connectivity index (χ0n) is 24.7. The van der Waals surface area contributed by atoms with Gasteiger partial charge in [0.1, 0.15) is 18.2 Å². The number of carbonyl (C=O) groups is 3. The van der Waals surface area contributed by atoms with Gasteiger partial charge in [0.25, 0.3) is 0 Å². The Morgan fingerprint density at radius 3 is 2.14 bits per heavy atom. The minimum absolute atomic E-state index is 0.0439. The molecule has 1 aromatic heterocycles. The molecule has 0 saturated heterocycles. The van der Waals surface area contributed by atoms with Crippen molar-refractivity contribution in [3.05, 3.63) is 94.7 Å².